The van der Waals surface area contributed by atoms with Gasteiger partial charge in [0.05, 0.1) is 17.0 Å². The zero-order valence-corrected chi connectivity index (χ0v) is 13.6. The molecular formula is C17H22N4O. The molecule has 0 aliphatic rings. The lowest BCUT2D eigenvalue weighted by molar-refractivity contribution is 0.0772. The molecule has 2 N–H and O–H groups in total. The number of aromatic nitrogens is 2. The molecule has 2 aromatic rings. The summed E-state index contributed by atoms with van der Waals surface area (Å²) in [4.78, 5) is 23.1. The largest absolute Gasteiger partial charge is 0.368 e. The Labute approximate surface area is 131 Å². The molecule has 0 fully saturated rings. The van der Waals surface area contributed by atoms with Gasteiger partial charge in [-0.05, 0) is 27.7 Å². The van der Waals surface area contributed by atoms with Crippen LogP contribution in [0.4, 0.5) is 5.95 Å². The molecular weight excluding hydrogens is 276 g/mol. The van der Waals surface area contributed by atoms with Crippen LogP contribution in [0, 0.1) is 13.8 Å². The van der Waals surface area contributed by atoms with Gasteiger partial charge in [0.1, 0.15) is 0 Å². The summed E-state index contributed by atoms with van der Waals surface area (Å²) in [5.74, 6) is 0.127. The molecule has 2 rings (SSSR count). The van der Waals surface area contributed by atoms with Crippen LogP contribution in [0.25, 0.3) is 11.3 Å². The Hall–Kier alpha value is -2.43. The van der Waals surface area contributed by atoms with Crippen LogP contribution in [-0.2, 0) is 0 Å². The van der Waals surface area contributed by atoms with Gasteiger partial charge in [0.2, 0.25) is 5.95 Å². The second-order valence-corrected chi connectivity index (χ2v) is 5.23. The number of anilines is 1. The molecule has 0 saturated heterocycles. The lowest BCUT2D eigenvalue weighted by atomic mass is 10.0. The molecule has 1 heterocycles. The van der Waals surface area contributed by atoms with E-state index >= 15 is 0 Å². The number of hydrogen-bond acceptors (Lipinski definition) is 4. The number of benzene rings is 1. The molecule has 5 nitrogen and oxygen atoms in total. The molecule has 22 heavy (non-hydrogen) atoms. The quantitative estimate of drug-likeness (QED) is 0.942. The summed E-state index contributed by atoms with van der Waals surface area (Å²) in [6, 6.07) is 7.90. The van der Waals surface area contributed by atoms with Gasteiger partial charge in [0.25, 0.3) is 5.91 Å². The topological polar surface area (TPSA) is 72.1 Å². The molecule has 1 aromatic carbocycles. The van der Waals surface area contributed by atoms with E-state index in [-0.39, 0.29) is 11.9 Å². The predicted octanol–water partition coefficient (Wildman–Crippen LogP) is 2.82. The van der Waals surface area contributed by atoms with E-state index in [2.05, 4.69) is 9.97 Å². The lowest BCUT2D eigenvalue weighted by Gasteiger charge is -2.21. The van der Waals surface area contributed by atoms with Crippen LogP contribution in [0.1, 0.15) is 35.5 Å². The molecule has 0 saturated carbocycles. The minimum Gasteiger partial charge on any atom is -0.368 e. The summed E-state index contributed by atoms with van der Waals surface area (Å²) < 4.78 is 0. The van der Waals surface area contributed by atoms with Crippen LogP contribution in [0.5, 0.6) is 0 Å². The number of carbonyl (C=O) groups excluding carboxylic acids is 1. The molecule has 0 radical (unpaired) electrons. The van der Waals surface area contributed by atoms with Crippen LogP contribution >= 0.6 is 0 Å². The molecule has 0 unspecified atom stereocenters. The maximum Gasteiger partial charge on any atom is 0.257 e. The van der Waals surface area contributed by atoms with Gasteiger partial charge in [-0.15, -0.1) is 0 Å². The first-order valence-electron chi connectivity index (χ1n) is 7.48. The SMILES string of the molecule is CCN(CC)C(=O)c1c(C)nc(N)nc1-c1ccc(C)cc1. The van der Waals surface area contributed by atoms with Gasteiger partial charge in [0.15, 0.2) is 0 Å². The summed E-state index contributed by atoms with van der Waals surface area (Å²) in [6.45, 7) is 9.03. The van der Waals surface area contributed by atoms with Crippen molar-refractivity contribution in [1.82, 2.24) is 14.9 Å². The van der Waals surface area contributed by atoms with Crippen molar-refractivity contribution in [3.63, 3.8) is 0 Å². The van der Waals surface area contributed by atoms with Crippen molar-refractivity contribution in [3.8, 4) is 11.3 Å². The Morgan fingerprint density at radius 2 is 1.68 bits per heavy atom. The Balaban J connectivity index is 2.62. The molecule has 0 aliphatic carbocycles. The fourth-order valence-electron chi connectivity index (χ4n) is 2.44. The first kappa shape index (κ1) is 15.9. The normalized spacial score (nSPS) is 10.5. The first-order valence-corrected chi connectivity index (χ1v) is 7.48. The Bertz CT molecular complexity index is 676. The van der Waals surface area contributed by atoms with Crippen LogP contribution in [0.3, 0.4) is 0 Å². The monoisotopic (exact) mass is 298 g/mol. The molecule has 5 heteroatoms. The van der Waals surface area contributed by atoms with E-state index in [1.54, 1.807) is 11.8 Å². The first-order chi connectivity index (χ1) is 10.5. The highest BCUT2D eigenvalue weighted by Crippen LogP contribution is 2.26. The third kappa shape index (κ3) is 3.08. The van der Waals surface area contributed by atoms with E-state index in [9.17, 15) is 4.79 Å². The van der Waals surface area contributed by atoms with Crippen molar-refractivity contribution in [2.24, 2.45) is 0 Å². The smallest absolute Gasteiger partial charge is 0.257 e. The Morgan fingerprint density at radius 3 is 2.23 bits per heavy atom. The number of carbonyl (C=O) groups is 1. The van der Waals surface area contributed by atoms with E-state index in [1.165, 1.54) is 0 Å². The number of nitrogens with zero attached hydrogens (tertiary/aromatic N) is 3. The number of hydrogen-bond donors (Lipinski definition) is 1. The summed E-state index contributed by atoms with van der Waals surface area (Å²) in [5, 5.41) is 0. The average Bonchev–Trinajstić information content (AvgIpc) is 2.48. The van der Waals surface area contributed by atoms with Crippen molar-refractivity contribution in [1.29, 1.82) is 0 Å². The Morgan fingerprint density at radius 1 is 1.09 bits per heavy atom. The highest BCUT2D eigenvalue weighted by molar-refractivity contribution is 6.01. The summed E-state index contributed by atoms with van der Waals surface area (Å²) in [6.07, 6.45) is 0. The van der Waals surface area contributed by atoms with Crippen LogP contribution < -0.4 is 5.73 Å². The zero-order valence-electron chi connectivity index (χ0n) is 13.6. The third-order valence-electron chi connectivity index (χ3n) is 3.70. The van der Waals surface area contributed by atoms with E-state index in [4.69, 9.17) is 5.73 Å². The maximum atomic E-state index is 12.8. The number of nitrogen functional groups attached to an aromatic ring is 1. The number of nitrogens with two attached hydrogens (primary N) is 1. The van der Waals surface area contributed by atoms with Crippen LogP contribution in [-0.4, -0.2) is 33.9 Å². The van der Waals surface area contributed by atoms with Crippen LogP contribution in [0.2, 0.25) is 0 Å². The van der Waals surface area contributed by atoms with Crippen molar-refractivity contribution in [2.45, 2.75) is 27.7 Å². The molecule has 0 bridgehead atoms. The van der Waals surface area contributed by atoms with E-state index in [1.807, 2.05) is 45.0 Å². The van der Waals surface area contributed by atoms with E-state index < -0.39 is 0 Å². The second kappa shape index (κ2) is 6.56. The molecule has 0 aliphatic heterocycles. The zero-order chi connectivity index (χ0) is 16.3. The second-order valence-electron chi connectivity index (χ2n) is 5.23. The molecule has 0 spiro atoms. The summed E-state index contributed by atoms with van der Waals surface area (Å²) in [5.41, 5.74) is 9.55. The minimum absolute atomic E-state index is 0.0573. The molecule has 116 valence electrons. The highest BCUT2D eigenvalue weighted by atomic mass is 16.2. The Kier molecular flexibility index (Phi) is 4.75. The standard InChI is InChI=1S/C17H22N4O/c1-5-21(6-2)16(22)14-12(4)19-17(18)20-15(14)13-9-7-11(3)8-10-13/h7-10H,5-6H2,1-4H3,(H2,18,19,20). The summed E-state index contributed by atoms with van der Waals surface area (Å²) in [7, 11) is 0. The van der Waals surface area contributed by atoms with Gasteiger partial charge < -0.3 is 10.6 Å². The van der Waals surface area contributed by atoms with Crippen molar-refractivity contribution in [3.05, 3.63) is 41.1 Å². The number of amides is 1. The van der Waals surface area contributed by atoms with Gasteiger partial charge in [-0.25, -0.2) is 9.97 Å². The van der Waals surface area contributed by atoms with Gasteiger partial charge in [-0.1, -0.05) is 29.8 Å². The van der Waals surface area contributed by atoms with Crippen molar-refractivity contribution < 1.29 is 4.79 Å². The highest BCUT2D eigenvalue weighted by Gasteiger charge is 2.22. The average molecular weight is 298 g/mol. The van der Waals surface area contributed by atoms with Crippen molar-refractivity contribution >= 4 is 11.9 Å². The van der Waals surface area contributed by atoms with E-state index in [0.717, 1.165) is 11.1 Å². The third-order valence-corrected chi connectivity index (χ3v) is 3.70. The van der Waals surface area contributed by atoms with Gasteiger partial charge >= 0.3 is 0 Å². The summed E-state index contributed by atoms with van der Waals surface area (Å²) >= 11 is 0. The van der Waals surface area contributed by atoms with Gasteiger partial charge in [0, 0.05) is 18.7 Å². The van der Waals surface area contributed by atoms with Gasteiger partial charge in [-0.3, -0.25) is 4.79 Å². The van der Waals surface area contributed by atoms with Crippen LogP contribution in [0.15, 0.2) is 24.3 Å². The molecule has 0 atom stereocenters. The fraction of sp³-hybridized carbons (Fsp3) is 0.353. The predicted molar refractivity (Wildman–Crippen MR) is 88.6 cm³/mol. The van der Waals surface area contributed by atoms with Gasteiger partial charge in [-0.2, -0.15) is 0 Å². The fourth-order valence-corrected chi connectivity index (χ4v) is 2.44. The lowest BCUT2D eigenvalue weighted by Crippen LogP contribution is -2.32. The maximum absolute atomic E-state index is 12.8. The molecule has 1 amide bonds. The molecule has 1 aromatic heterocycles. The van der Waals surface area contributed by atoms with E-state index in [0.29, 0.717) is 30.0 Å². The van der Waals surface area contributed by atoms with Crippen molar-refractivity contribution in [2.75, 3.05) is 18.8 Å². The number of rotatable bonds is 4. The number of aryl methyl sites for hydroxylation is 2. The minimum atomic E-state index is -0.0573.